The SMILES string of the molecule is Cc1ccc(CCC(=O)N2CCC(c3nc(C)no3)CC2)cc1. The molecule has 0 unspecified atom stereocenters. The Morgan fingerprint density at radius 1 is 1.22 bits per heavy atom. The molecule has 5 nitrogen and oxygen atoms in total. The molecule has 1 aromatic carbocycles. The first-order valence-electron chi connectivity index (χ1n) is 8.25. The second-order valence-corrected chi connectivity index (χ2v) is 6.32. The van der Waals surface area contributed by atoms with E-state index in [1.807, 2.05) is 11.8 Å². The Hall–Kier alpha value is -2.17. The summed E-state index contributed by atoms with van der Waals surface area (Å²) in [5, 5.41) is 3.85. The van der Waals surface area contributed by atoms with Crippen LogP contribution < -0.4 is 0 Å². The number of piperidine rings is 1. The molecule has 1 aliphatic heterocycles. The van der Waals surface area contributed by atoms with Gasteiger partial charge in [0.2, 0.25) is 11.8 Å². The number of carbonyl (C=O) groups is 1. The third-order valence-electron chi connectivity index (χ3n) is 4.49. The zero-order valence-electron chi connectivity index (χ0n) is 13.8. The number of benzene rings is 1. The number of nitrogens with zero attached hydrogens (tertiary/aromatic N) is 3. The van der Waals surface area contributed by atoms with Crippen molar-refractivity contribution in [2.75, 3.05) is 13.1 Å². The van der Waals surface area contributed by atoms with Gasteiger partial charge in [0.15, 0.2) is 5.82 Å². The molecule has 3 rings (SSSR count). The van der Waals surface area contributed by atoms with Gasteiger partial charge in [-0.25, -0.2) is 0 Å². The molecule has 0 spiro atoms. The molecule has 1 saturated heterocycles. The minimum atomic E-state index is 0.241. The van der Waals surface area contributed by atoms with Gasteiger partial charge in [0, 0.05) is 25.4 Å². The average Bonchev–Trinajstić information content (AvgIpc) is 3.01. The number of hydrogen-bond donors (Lipinski definition) is 0. The van der Waals surface area contributed by atoms with E-state index in [0.29, 0.717) is 18.1 Å². The van der Waals surface area contributed by atoms with Gasteiger partial charge in [0.05, 0.1) is 0 Å². The van der Waals surface area contributed by atoms with Crippen LogP contribution in [0.2, 0.25) is 0 Å². The van der Waals surface area contributed by atoms with Gasteiger partial charge in [-0.2, -0.15) is 4.98 Å². The van der Waals surface area contributed by atoms with E-state index in [0.717, 1.165) is 32.4 Å². The fraction of sp³-hybridized carbons (Fsp3) is 0.500. The average molecular weight is 313 g/mol. The lowest BCUT2D eigenvalue weighted by Crippen LogP contribution is -2.38. The van der Waals surface area contributed by atoms with E-state index in [9.17, 15) is 4.79 Å². The van der Waals surface area contributed by atoms with Gasteiger partial charge in [0.1, 0.15) is 0 Å². The molecule has 1 aromatic heterocycles. The summed E-state index contributed by atoms with van der Waals surface area (Å²) in [6.07, 6.45) is 3.19. The van der Waals surface area contributed by atoms with E-state index in [2.05, 4.69) is 41.3 Å². The zero-order valence-corrected chi connectivity index (χ0v) is 13.8. The predicted molar refractivity (Wildman–Crippen MR) is 87.1 cm³/mol. The number of hydrogen-bond acceptors (Lipinski definition) is 4. The van der Waals surface area contributed by atoms with Crippen LogP contribution >= 0.6 is 0 Å². The third kappa shape index (κ3) is 3.97. The Morgan fingerprint density at radius 3 is 2.52 bits per heavy atom. The van der Waals surface area contributed by atoms with Crippen LogP contribution in [0.4, 0.5) is 0 Å². The highest BCUT2D eigenvalue weighted by Crippen LogP contribution is 2.27. The number of amides is 1. The molecule has 23 heavy (non-hydrogen) atoms. The monoisotopic (exact) mass is 313 g/mol. The van der Waals surface area contributed by atoms with Crippen molar-refractivity contribution in [3.05, 3.63) is 47.1 Å². The molecule has 5 heteroatoms. The molecule has 2 heterocycles. The Bertz CT molecular complexity index is 655. The lowest BCUT2D eigenvalue weighted by molar-refractivity contribution is -0.132. The summed E-state index contributed by atoms with van der Waals surface area (Å²) in [5.74, 6) is 1.92. The maximum absolute atomic E-state index is 12.4. The molecule has 0 N–H and O–H groups in total. The number of aryl methyl sites for hydroxylation is 3. The number of aromatic nitrogens is 2. The quantitative estimate of drug-likeness (QED) is 0.870. The summed E-state index contributed by atoms with van der Waals surface area (Å²) >= 11 is 0. The van der Waals surface area contributed by atoms with E-state index in [1.165, 1.54) is 11.1 Å². The Labute approximate surface area is 136 Å². The summed E-state index contributed by atoms with van der Waals surface area (Å²) < 4.78 is 5.25. The largest absolute Gasteiger partial charge is 0.343 e. The van der Waals surface area contributed by atoms with Crippen molar-refractivity contribution in [2.45, 2.75) is 45.4 Å². The number of carbonyl (C=O) groups excluding carboxylic acids is 1. The van der Waals surface area contributed by atoms with Gasteiger partial charge in [-0.3, -0.25) is 4.79 Å². The van der Waals surface area contributed by atoms with Crippen molar-refractivity contribution in [1.82, 2.24) is 15.0 Å². The van der Waals surface area contributed by atoms with Crippen molar-refractivity contribution >= 4 is 5.91 Å². The van der Waals surface area contributed by atoms with Gasteiger partial charge in [-0.05, 0) is 38.7 Å². The van der Waals surface area contributed by atoms with Crippen LogP contribution in [-0.2, 0) is 11.2 Å². The maximum Gasteiger partial charge on any atom is 0.229 e. The molecule has 2 aromatic rings. The standard InChI is InChI=1S/C18H23N3O2/c1-13-3-5-15(6-4-13)7-8-17(22)21-11-9-16(10-12-21)18-19-14(2)20-23-18/h3-6,16H,7-12H2,1-2H3. The van der Waals surface area contributed by atoms with Crippen molar-refractivity contribution in [3.8, 4) is 0 Å². The normalized spacial score (nSPS) is 15.8. The van der Waals surface area contributed by atoms with Gasteiger partial charge < -0.3 is 9.42 Å². The fourth-order valence-corrected chi connectivity index (χ4v) is 3.02. The van der Waals surface area contributed by atoms with E-state index in [1.54, 1.807) is 0 Å². The van der Waals surface area contributed by atoms with Crippen LogP contribution in [0, 0.1) is 13.8 Å². The van der Waals surface area contributed by atoms with Crippen LogP contribution in [0.15, 0.2) is 28.8 Å². The molecule has 0 radical (unpaired) electrons. The highest BCUT2D eigenvalue weighted by Gasteiger charge is 2.26. The summed E-state index contributed by atoms with van der Waals surface area (Å²) in [6, 6.07) is 8.40. The van der Waals surface area contributed by atoms with Gasteiger partial charge in [-0.1, -0.05) is 35.0 Å². The smallest absolute Gasteiger partial charge is 0.229 e. The Balaban J connectivity index is 1.47. The minimum Gasteiger partial charge on any atom is -0.343 e. The summed E-state index contributed by atoms with van der Waals surface area (Å²) in [7, 11) is 0. The van der Waals surface area contributed by atoms with E-state index < -0.39 is 0 Å². The topological polar surface area (TPSA) is 59.2 Å². The van der Waals surface area contributed by atoms with Crippen LogP contribution in [0.3, 0.4) is 0 Å². The van der Waals surface area contributed by atoms with Crippen molar-refractivity contribution in [2.24, 2.45) is 0 Å². The molecule has 1 aliphatic rings. The molecule has 0 atom stereocenters. The van der Waals surface area contributed by atoms with Crippen molar-refractivity contribution in [3.63, 3.8) is 0 Å². The molecule has 0 bridgehead atoms. The second kappa shape index (κ2) is 6.94. The first-order chi connectivity index (χ1) is 11.1. The minimum absolute atomic E-state index is 0.241. The highest BCUT2D eigenvalue weighted by molar-refractivity contribution is 5.76. The number of rotatable bonds is 4. The highest BCUT2D eigenvalue weighted by atomic mass is 16.5. The van der Waals surface area contributed by atoms with E-state index in [4.69, 9.17) is 4.52 Å². The molecular weight excluding hydrogens is 290 g/mol. The van der Waals surface area contributed by atoms with Gasteiger partial charge in [-0.15, -0.1) is 0 Å². The summed E-state index contributed by atoms with van der Waals surface area (Å²) in [4.78, 5) is 18.6. The molecule has 122 valence electrons. The molecule has 1 fully saturated rings. The van der Waals surface area contributed by atoms with Gasteiger partial charge >= 0.3 is 0 Å². The Kier molecular flexibility index (Phi) is 4.74. The summed E-state index contributed by atoms with van der Waals surface area (Å²) in [6.45, 7) is 5.46. The maximum atomic E-state index is 12.4. The number of likely N-dealkylation sites (tertiary alicyclic amines) is 1. The lowest BCUT2D eigenvalue weighted by atomic mass is 9.96. The fourth-order valence-electron chi connectivity index (χ4n) is 3.02. The van der Waals surface area contributed by atoms with Gasteiger partial charge in [0.25, 0.3) is 0 Å². The molecule has 1 amide bonds. The van der Waals surface area contributed by atoms with Crippen LogP contribution in [0.1, 0.15) is 48.0 Å². The molecule has 0 saturated carbocycles. The predicted octanol–water partition coefficient (Wildman–Crippen LogP) is 3.03. The van der Waals surface area contributed by atoms with Crippen molar-refractivity contribution in [1.29, 1.82) is 0 Å². The third-order valence-corrected chi connectivity index (χ3v) is 4.49. The lowest BCUT2D eigenvalue weighted by Gasteiger charge is -2.30. The van der Waals surface area contributed by atoms with Crippen LogP contribution in [0.5, 0.6) is 0 Å². The van der Waals surface area contributed by atoms with Crippen molar-refractivity contribution < 1.29 is 9.32 Å². The van der Waals surface area contributed by atoms with Crippen LogP contribution in [-0.4, -0.2) is 34.0 Å². The Morgan fingerprint density at radius 2 is 1.91 bits per heavy atom. The molecule has 0 aliphatic carbocycles. The molecular formula is C18H23N3O2. The summed E-state index contributed by atoms with van der Waals surface area (Å²) in [5.41, 5.74) is 2.47. The van der Waals surface area contributed by atoms with Crippen LogP contribution in [0.25, 0.3) is 0 Å². The first kappa shape index (κ1) is 15.7. The zero-order chi connectivity index (χ0) is 16.2. The van der Waals surface area contributed by atoms with E-state index >= 15 is 0 Å². The first-order valence-corrected chi connectivity index (χ1v) is 8.25. The second-order valence-electron chi connectivity index (χ2n) is 6.32. The van der Waals surface area contributed by atoms with E-state index in [-0.39, 0.29) is 11.8 Å².